The van der Waals surface area contributed by atoms with Crippen molar-refractivity contribution in [3.8, 4) is 0 Å². The Balaban J connectivity index is -0.000000001000. The molecule has 10 nitrogen and oxygen atoms in total. The Hall–Kier alpha value is 3.16. The molecule has 0 radical (unpaired) electrons. The summed E-state index contributed by atoms with van der Waals surface area (Å²) in [4.78, 5) is 0. The first-order valence-corrected chi connectivity index (χ1v) is 2.85. The Morgan fingerprint density at radius 1 is 0.429 bits per heavy atom. The van der Waals surface area contributed by atoms with Crippen LogP contribution in [0.4, 0.5) is 0 Å². The van der Waals surface area contributed by atoms with E-state index in [1.165, 1.54) is 0 Å². The first kappa shape index (κ1) is 118. The standard InChI is InChI=1S/AsO3.3Na.7H2O/c2-1(3)4;;;;;;;;;;/h;;;;7*1H2/q-3;3*+1;;;;;;;. The van der Waals surface area contributed by atoms with Crippen LogP contribution < -0.4 is 101 Å². The molecule has 0 spiro atoms. The van der Waals surface area contributed by atoms with Gasteiger partial charge in [-0.2, -0.15) is 0 Å². The molecule has 0 saturated carbocycles. The summed E-state index contributed by atoms with van der Waals surface area (Å²) in [5, 5.41) is 0. The van der Waals surface area contributed by atoms with Crippen LogP contribution in [0.5, 0.6) is 0 Å². The van der Waals surface area contributed by atoms with Gasteiger partial charge in [-0.05, 0) is 0 Å². The molecular weight excluding hydrogens is 304 g/mol. The number of rotatable bonds is 0. The molecule has 0 bridgehead atoms. The first-order valence-electron chi connectivity index (χ1n) is 0.548. The summed E-state index contributed by atoms with van der Waals surface area (Å²) in [7, 11) is 0. The zero-order valence-electron chi connectivity index (χ0n) is 8.17. The topological polar surface area (TPSA) is 290 Å². The molecule has 0 aromatic carbocycles. The fourth-order valence-corrected chi connectivity index (χ4v) is 0. The van der Waals surface area contributed by atoms with Crippen LogP contribution in [0.3, 0.4) is 0 Å². The molecule has 14 heteroatoms. The molecule has 0 aliphatic heterocycles. The first-order chi connectivity index (χ1) is 1.73. The molecule has 0 unspecified atom stereocenters. The third kappa shape index (κ3) is 305. The summed E-state index contributed by atoms with van der Waals surface area (Å²) in [5.41, 5.74) is 0. The summed E-state index contributed by atoms with van der Waals surface area (Å²) in [5.74, 6) is 0. The molecule has 0 aromatic heterocycles. The molecule has 0 aliphatic rings. The summed E-state index contributed by atoms with van der Waals surface area (Å²) >= 11 is -3.94. The van der Waals surface area contributed by atoms with Crippen molar-refractivity contribution >= 4 is 15.7 Å². The molecule has 0 amide bonds. The zero-order valence-corrected chi connectivity index (χ0v) is 16.0. The van der Waals surface area contributed by atoms with E-state index in [9.17, 15) is 0 Å². The van der Waals surface area contributed by atoms with Crippen molar-refractivity contribution in [2.24, 2.45) is 0 Å². The summed E-state index contributed by atoms with van der Waals surface area (Å²) < 4.78 is 25.7. The van der Waals surface area contributed by atoms with Gasteiger partial charge in [-0.3, -0.25) is 0 Å². The maximum absolute atomic E-state index is 8.56. The normalized spacial score (nSPS) is 2.57. The number of hydrogen-bond donors (Lipinski definition) is 0. The summed E-state index contributed by atoms with van der Waals surface area (Å²) in [6.45, 7) is 0. The molecule has 0 atom stereocenters. The van der Waals surface area contributed by atoms with Crippen LogP contribution in [-0.4, -0.2) is 54.0 Å². The second kappa shape index (κ2) is 97.9. The Kier molecular flexibility index (Phi) is 826. The van der Waals surface area contributed by atoms with E-state index in [1.807, 2.05) is 0 Å². The van der Waals surface area contributed by atoms with E-state index in [4.69, 9.17) is 12.3 Å². The quantitative estimate of drug-likeness (QED) is 0.393. The van der Waals surface area contributed by atoms with E-state index in [0.29, 0.717) is 0 Å². The van der Waals surface area contributed by atoms with Crippen molar-refractivity contribution in [3.63, 3.8) is 0 Å². The van der Waals surface area contributed by atoms with Crippen molar-refractivity contribution in [2.45, 2.75) is 0 Å². The van der Waals surface area contributed by atoms with E-state index in [0.717, 1.165) is 0 Å². The average molecular weight is 318 g/mol. The van der Waals surface area contributed by atoms with Crippen LogP contribution in [-0.2, 0) is 0 Å². The van der Waals surface area contributed by atoms with E-state index in [-0.39, 0.29) is 127 Å². The molecule has 0 rings (SSSR count). The summed E-state index contributed by atoms with van der Waals surface area (Å²) in [6.07, 6.45) is 0. The monoisotopic (exact) mass is 318 g/mol. The average Bonchev–Trinajstić information content (AvgIpc) is 0.811. The number of hydrogen-bond acceptors (Lipinski definition) is 3. The van der Waals surface area contributed by atoms with E-state index in [2.05, 4.69) is 0 Å². The van der Waals surface area contributed by atoms with Gasteiger partial charge in [-0.15, -0.1) is 0 Å². The van der Waals surface area contributed by atoms with Crippen LogP contribution in [0.2, 0.25) is 0 Å². The van der Waals surface area contributed by atoms with Crippen LogP contribution >= 0.6 is 0 Å². The van der Waals surface area contributed by atoms with E-state index < -0.39 is 15.7 Å². The van der Waals surface area contributed by atoms with Crippen molar-refractivity contribution in [2.75, 3.05) is 0 Å². The fraction of sp³-hybridized carbons (Fsp3) is 0. The molecule has 0 fully saturated rings. The minimum absolute atomic E-state index is 0. The maximum atomic E-state index is 8.56. The van der Waals surface area contributed by atoms with Gasteiger partial charge in [-0.25, -0.2) is 0 Å². The SMILES string of the molecule is O.O.O.O.O.O.O.[Na+].[Na+].[Na+].[O-][As]([O-])[O-]. The van der Waals surface area contributed by atoms with Crippen LogP contribution in [0.15, 0.2) is 0 Å². The molecule has 0 aromatic rings. The van der Waals surface area contributed by atoms with Gasteiger partial charge in [-0.1, -0.05) is 0 Å². The fourth-order valence-electron chi connectivity index (χ4n) is 0. The van der Waals surface area contributed by atoms with Gasteiger partial charge in [0.05, 0.1) is 0 Å². The van der Waals surface area contributed by atoms with Gasteiger partial charge in [0.25, 0.3) is 0 Å². The van der Waals surface area contributed by atoms with Gasteiger partial charge < -0.3 is 38.3 Å². The molecule has 82 valence electrons. The Labute approximate surface area is 152 Å². The van der Waals surface area contributed by atoms with E-state index >= 15 is 0 Å². The van der Waals surface area contributed by atoms with Crippen LogP contribution in [0.25, 0.3) is 0 Å². The Bertz CT molecular complexity index is 20.1. The molecule has 14 N–H and O–H groups in total. The van der Waals surface area contributed by atoms with E-state index in [1.54, 1.807) is 0 Å². The third-order valence-corrected chi connectivity index (χ3v) is 0. The summed E-state index contributed by atoms with van der Waals surface area (Å²) in [6, 6.07) is 0. The second-order valence-electron chi connectivity index (χ2n) is 0.224. The van der Waals surface area contributed by atoms with Gasteiger partial charge in [0.1, 0.15) is 0 Å². The van der Waals surface area contributed by atoms with Crippen molar-refractivity contribution in [1.29, 1.82) is 0 Å². The van der Waals surface area contributed by atoms with Gasteiger partial charge in [0.2, 0.25) is 0 Å². The van der Waals surface area contributed by atoms with Gasteiger partial charge in [0.15, 0.2) is 0 Å². The van der Waals surface area contributed by atoms with Crippen LogP contribution in [0.1, 0.15) is 0 Å². The zero-order chi connectivity index (χ0) is 3.58. The molecular formula is H14AsNa3O10. The van der Waals surface area contributed by atoms with Gasteiger partial charge in [0, 0.05) is 0 Å². The Morgan fingerprint density at radius 2 is 0.429 bits per heavy atom. The van der Waals surface area contributed by atoms with Crippen molar-refractivity contribution in [1.82, 2.24) is 0 Å². The van der Waals surface area contributed by atoms with Crippen LogP contribution in [0, 0.1) is 0 Å². The van der Waals surface area contributed by atoms with Crippen molar-refractivity contribution in [3.05, 3.63) is 0 Å². The molecule has 0 saturated heterocycles. The van der Waals surface area contributed by atoms with Crippen molar-refractivity contribution < 1.29 is 139 Å². The van der Waals surface area contributed by atoms with Gasteiger partial charge >= 0.3 is 117 Å². The third-order valence-electron chi connectivity index (χ3n) is 0. The molecule has 0 heterocycles. The molecule has 0 aliphatic carbocycles. The second-order valence-corrected chi connectivity index (χ2v) is 1.16. The molecule has 14 heavy (non-hydrogen) atoms. The minimum atomic E-state index is -3.94. The predicted molar refractivity (Wildman–Crippen MR) is 31.1 cm³/mol. The Morgan fingerprint density at radius 3 is 0.429 bits per heavy atom. The predicted octanol–water partition coefficient (Wildman–Crippen LogP) is -18.7.